The van der Waals surface area contributed by atoms with Crippen LogP contribution in [0.3, 0.4) is 0 Å². The minimum absolute atomic E-state index is 0.376. The van der Waals surface area contributed by atoms with Crippen LogP contribution in [0.15, 0.2) is 4.99 Å². The van der Waals surface area contributed by atoms with Gasteiger partial charge in [0, 0.05) is 39.6 Å². The Morgan fingerprint density at radius 3 is 2.42 bits per heavy atom. The van der Waals surface area contributed by atoms with Crippen molar-refractivity contribution in [2.45, 2.75) is 57.1 Å². The molecule has 142 valence electrons. The third-order valence-electron chi connectivity index (χ3n) is 5.09. The molecule has 0 bridgehead atoms. The van der Waals surface area contributed by atoms with E-state index in [0.717, 1.165) is 13.0 Å². The summed E-state index contributed by atoms with van der Waals surface area (Å²) < 4.78 is 29.2. The molecule has 0 aliphatic carbocycles. The zero-order valence-electron chi connectivity index (χ0n) is 15.7. The van der Waals surface area contributed by atoms with Gasteiger partial charge in [-0.25, -0.2) is 8.42 Å². The molecule has 0 aromatic rings. The lowest BCUT2D eigenvalue weighted by Gasteiger charge is -2.35. The molecule has 0 aromatic carbocycles. The van der Waals surface area contributed by atoms with Crippen molar-refractivity contribution in [1.29, 1.82) is 0 Å². The number of hydrogen-bond acceptors (Lipinski definition) is 4. The zero-order valence-corrected chi connectivity index (χ0v) is 16.5. The van der Waals surface area contributed by atoms with E-state index in [-0.39, 0.29) is 0 Å². The van der Waals surface area contributed by atoms with Gasteiger partial charge in [-0.2, -0.15) is 0 Å². The Balaban J connectivity index is 2.58. The van der Waals surface area contributed by atoms with Gasteiger partial charge >= 0.3 is 0 Å². The lowest BCUT2D eigenvalue weighted by molar-refractivity contribution is 0.0756. The first-order valence-electron chi connectivity index (χ1n) is 9.10. The number of nitrogens with one attached hydrogen (secondary N) is 2. The number of aliphatic imine (C=N–C) groups is 1. The zero-order chi connectivity index (χ0) is 18.1. The molecular weight excluding hydrogens is 326 g/mol. The summed E-state index contributed by atoms with van der Waals surface area (Å²) in [5.74, 6) is 1.30. The van der Waals surface area contributed by atoms with E-state index in [9.17, 15) is 8.42 Å². The molecule has 1 atom stereocenters. The van der Waals surface area contributed by atoms with E-state index in [1.54, 1.807) is 7.05 Å². The van der Waals surface area contributed by atoms with E-state index in [0.29, 0.717) is 44.5 Å². The van der Waals surface area contributed by atoms with Crippen LogP contribution in [0.25, 0.3) is 0 Å². The quantitative estimate of drug-likeness (QED) is 0.485. The highest BCUT2D eigenvalue weighted by Gasteiger charge is 2.42. The Labute approximate surface area is 147 Å². The summed E-state index contributed by atoms with van der Waals surface area (Å²) in [6.45, 7) is 6.65. The van der Waals surface area contributed by atoms with Crippen LogP contribution in [0.4, 0.5) is 0 Å². The first-order valence-corrected chi connectivity index (χ1v) is 11.0. The maximum atomic E-state index is 12.3. The molecule has 0 spiro atoms. The van der Waals surface area contributed by atoms with Gasteiger partial charge in [0.05, 0.1) is 4.75 Å². The molecule has 1 aliphatic rings. The van der Waals surface area contributed by atoms with Crippen LogP contribution in [0.1, 0.15) is 52.4 Å². The van der Waals surface area contributed by atoms with Gasteiger partial charge in [-0.05, 0) is 25.2 Å². The molecule has 6 nitrogen and oxygen atoms in total. The van der Waals surface area contributed by atoms with Crippen molar-refractivity contribution in [2.75, 3.05) is 39.6 Å². The Bertz CT molecular complexity index is 485. The van der Waals surface area contributed by atoms with Crippen LogP contribution in [-0.2, 0) is 14.6 Å². The fourth-order valence-corrected chi connectivity index (χ4v) is 4.31. The first kappa shape index (κ1) is 21.2. The second kappa shape index (κ2) is 10.2. The van der Waals surface area contributed by atoms with E-state index >= 15 is 0 Å². The van der Waals surface area contributed by atoms with Gasteiger partial charge in [0.2, 0.25) is 0 Å². The van der Waals surface area contributed by atoms with Crippen molar-refractivity contribution < 1.29 is 13.2 Å². The highest BCUT2D eigenvalue weighted by molar-refractivity contribution is 7.92. The maximum absolute atomic E-state index is 12.3. The molecule has 0 radical (unpaired) electrons. The number of rotatable bonds is 9. The van der Waals surface area contributed by atoms with Gasteiger partial charge in [-0.15, -0.1) is 0 Å². The standard InChI is InChI=1S/C17H35N3O3S/c1-5-7-8-15(6-2)13-19-16(18-3)20-14-17(24(4,21)22)9-11-23-12-10-17/h15H,5-14H2,1-4H3,(H2,18,19,20). The van der Waals surface area contributed by atoms with Gasteiger partial charge in [-0.3, -0.25) is 4.99 Å². The van der Waals surface area contributed by atoms with Gasteiger partial charge < -0.3 is 15.4 Å². The molecule has 1 saturated heterocycles. The van der Waals surface area contributed by atoms with Gasteiger partial charge in [-0.1, -0.05) is 33.1 Å². The Morgan fingerprint density at radius 1 is 1.25 bits per heavy atom. The molecule has 2 N–H and O–H groups in total. The molecule has 0 saturated carbocycles. The van der Waals surface area contributed by atoms with E-state index in [4.69, 9.17) is 4.74 Å². The van der Waals surface area contributed by atoms with Crippen molar-refractivity contribution in [3.8, 4) is 0 Å². The van der Waals surface area contributed by atoms with Crippen LogP contribution >= 0.6 is 0 Å². The van der Waals surface area contributed by atoms with E-state index in [2.05, 4.69) is 29.5 Å². The highest BCUT2D eigenvalue weighted by Crippen LogP contribution is 2.28. The second-order valence-electron chi connectivity index (χ2n) is 6.79. The SMILES string of the molecule is CCCCC(CC)CNC(=NC)NCC1(S(C)(=O)=O)CCOCC1. The summed E-state index contributed by atoms with van der Waals surface area (Å²) in [7, 11) is -1.44. The molecule has 1 fully saturated rings. The smallest absolute Gasteiger partial charge is 0.191 e. The summed E-state index contributed by atoms with van der Waals surface area (Å²) >= 11 is 0. The third kappa shape index (κ3) is 6.24. The summed E-state index contributed by atoms with van der Waals surface area (Å²) in [6.07, 6.45) is 7.18. The number of unbranched alkanes of at least 4 members (excludes halogenated alkanes) is 1. The predicted molar refractivity (Wildman–Crippen MR) is 100 cm³/mol. The molecule has 1 unspecified atom stereocenters. The van der Waals surface area contributed by atoms with E-state index < -0.39 is 14.6 Å². The van der Waals surface area contributed by atoms with Crippen molar-refractivity contribution >= 4 is 15.8 Å². The lowest BCUT2D eigenvalue weighted by Crippen LogP contribution is -2.54. The lowest BCUT2D eigenvalue weighted by atomic mass is 9.99. The number of sulfone groups is 1. The molecule has 1 aliphatic heterocycles. The first-order chi connectivity index (χ1) is 11.4. The summed E-state index contributed by atoms with van der Waals surface area (Å²) in [4.78, 5) is 4.24. The van der Waals surface area contributed by atoms with Crippen molar-refractivity contribution in [1.82, 2.24) is 10.6 Å². The van der Waals surface area contributed by atoms with Crippen LogP contribution in [0.5, 0.6) is 0 Å². The van der Waals surface area contributed by atoms with Gasteiger partial charge in [0.15, 0.2) is 15.8 Å². The average molecular weight is 362 g/mol. The van der Waals surface area contributed by atoms with Crippen LogP contribution in [0, 0.1) is 5.92 Å². The Morgan fingerprint density at radius 2 is 1.92 bits per heavy atom. The molecule has 24 heavy (non-hydrogen) atoms. The minimum Gasteiger partial charge on any atom is -0.381 e. The predicted octanol–water partition coefficient (Wildman–Crippen LogP) is 1.96. The van der Waals surface area contributed by atoms with Crippen molar-refractivity contribution in [3.63, 3.8) is 0 Å². The fraction of sp³-hybridized carbons (Fsp3) is 0.941. The highest BCUT2D eigenvalue weighted by atomic mass is 32.2. The van der Waals surface area contributed by atoms with Crippen molar-refractivity contribution in [3.05, 3.63) is 0 Å². The van der Waals surface area contributed by atoms with E-state index in [1.807, 2.05) is 0 Å². The monoisotopic (exact) mass is 361 g/mol. The fourth-order valence-electron chi connectivity index (χ4n) is 3.07. The molecule has 1 heterocycles. The topological polar surface area (TPSA) is 79.8 Å². The molecule has 7 heteroatoms. The Hall–Kier alpha value is -0.820. The molecule has 0 amide bonds. The van der Waals surface area contributed by atoms with Gasteiger partial charge in [0.1, 0.15) is 0 Å². The number of nitrogens with zero attached hydrogens (tertiary/aromatic N) is 1. The van der Waals surface area contributed by atoms with E-state index in [1.165, 1.54) is 25.5 Å². The third-order valence-corrected chi connectivity index (χ3v) is 7.22. The molecule has 0 aromatic heterocycles. The van der Waals surface area contributed by atoms with Crippen LogP contribution < -0.4 is 10.6 Å². The summed E-state index contributed by atoms with van der Waals surface area (Å²) in [6, 6.07) is 0. The number of guanidine groups is 1. The summed E-state index contributed by atoms with van der Waals surface area (Å²) in [5, 5.41) is 6.58. The van der Waals surface area contributed by atoms with Crippen LogP contribution in [0.2, 0.25) is 0 Å². The normalized spacial score (nSPS) is 19.8. The Kier molecular flexibility index (Phi) is 9.05. The average Bonchev–Trinajstić information content (AvgIpc) is 2.57. The van der Waals surface area contributed by atoms with Crippen molar-refractivity contribution in [2.24, 2.45) is 10.9 Å². The maximum Gasteiger partial charge on any atom is 0.191 e. The largest absolute Gasteiger partial charge is 0.381 e. The number of hydrogen-bond donors (Lipinski definition) is 2. The molecular formula is C17H35N3O3S. The van der Waals surface area contributed by atoms with Gasteiger partial charge in [0.25, 0.3) is 0 Å². The second-order valence-corrected chi connectivity index (χ2v) is 9.20. The number of ether oxygens (including phenoxy) is 1. The minimum atomic E-state index is -3.16. The molecule has 1 rings (SSSR count). The van der Waals surface area contributed by atoms with Crippen LogP contribution in [-0.4, -0.2) is 58.7 Å². The summed E-state index contributed by atoms with van der Waals surface area (Å²) in [5.41, 5.74) is 0.